The fourth-order valence-corrected chi connectivity index (χ4v) is 2.04. The Kier molecular flexibility index (Phi) is 3.50. The molecule has 2 amide bonds. The number of carbonyl (C=O) groups is 1. The van der Waals surface area contributed by atoms with Crippen LogP contribution in [0.1, 0.15) is 19.7 Å². The fourth-order valence-electron chi connectivity index (χ4n) is 2.04. The monoisotopic (exact) mass is 300 g/mol. The van der Waals surface area contributed by atoms with Crippen molar-refractivity contribution in [3.63, 3.8) is 0 Å². The minimum Gasteiger partial charge on any atom is -0.461 e. The van der Waals surface area contributed by atoms with Crippen molar-refractivity contribution in [1.29, 1.82) is 0 Å². The second-order valence-electron chi connectivity index (χ2n) is 5.12. The third kappa shape index (κ3) is 2.76. The van der Waals surface area contributed by atoms with Gasteiger partial charge in [0.15, 0.2) is 11.4 Å². The molecule has 0 aliphatic carbocycles. The van der Waals surface area contributed by atoms with E-state index in [1.165, 1.54) is 0 Å². The normalized spacial score (nSPS) is 11.1. The van der Waals surface area contributed by atoms with Gasteiger partial charge < -0.3 is 9.73 Å². The Bertz CT molecular complexity index is 806. The molecule has 0 atom stereocenters. The first kappa shape index (κ1) is 14.1. The van der Waals surface area contributed by atoms with Gasteiger partial charge in [0.25, 0.3) is 0 Å². The molecule has 0 fully saturated rings. The average Bonchev–Trinajstić information content (AvgIpc) is 3.04. The van der Waals surface area contributed by atoms with Crippen molar-refractivity contribution in [2.75, 3.05) is 5.32 Å². The zero-order chi connectivity index (χ0) is 15.7. The van der Waals surface area contributed by atoms with E-state index in [2.05, 4.69) is 25.7 Å². The smallest absolute Gasteiger partial charge is 0.320 e. The number of nitrogens with zero attached hydrogens (tertiary/aromatic N) is 4. The summed E-state index contributed by atoms with van der Waals surface area (Å²) in [5.41, 5.74) is 0.582. The molecule has 3 aromatic heterocycles. The predicted molar refractivity (Wildman–Crippen MR) is 80.5 cm³/mol. The molecule has 0 aliphatic heterocycles. The molecule has 2 N–H and O–H groups in total. The van der Waals surface area contributed by atoms with Gasteiger partial charge in [-0.05, 0) is 32.9 Å². The highest BCUT2D eigenvalue weighted by atomic mass is 16.3. The Morgan fingerprint density at radius 2 is 2.18 bits per heavy atom. The molecule has 0 aromatic carbocycles. The molecule has 114 valence electrons. The van der Waals surface area contributed by atoms with Crippen LogP contribution in [-0.2, 0) is 0 Å². The lowest BCUT2D eigenvalue weighted by atomic mass is 10.4. The number of rotatable bonds is 3. The zero-order valence-corrected chi connectivity index (χ0v) is 12.5. The number of carbonyl (C=O) groups excluding carboxylic acids is 1. The van der Waals surface area contributed by atoms with Crippen LogP contribution in [0.4, 0.5) is 10.6 Å². The van der Waals surface area contributed by atoms with Gasteiger partial charge in [-0.25, -0.2) is 14.8 Å². The lowest BCUT2D eigenvalue weighted by Gasteiger charge is -2.10. The summed E-state index contributed by atoms with van der Waals surface area (Å²) in [6, 6.07) is 4.90. The topological polar surface area (TPSA) is 97.3 Å². The maximum absolute atomic E-state index is 11.8. The highest BCUT2D eigenvalue weighted by Gasteiger charge is 2.15. The van der Waals surface area contributed by atoms with Crippen molar-refractivity contribution in [2.45, 2.75) is 26.8 Å². The molecule has 0 radical (unpaired) electrons. The van der Waals surface area contributed by atoms with Gasteiger partial charge in [0.05, 0.1) is 6.26 Å². The largest absolute Gasteiger partial charge is 0.461 e. The van der Waals surface area contributed by atoms with E-state index in [-0.39, 0.29) is 12.1 Å². The van der Waals surface area contributed by atoms with E-state index in [0.29, 0.717) is 28.9 Å². The van der Waals surface area contributed by atoms with Crippen LogP contribution in [0.15, 0.2) is 28.9 Å². The molecule has 0 saturated heterocycles. The second kappa shape index (κ2) is 5.47. The summed E-state index contributed by atoms with van der Waals surface area (Å²) >= 11 is 0. The van der Waals surface area contributed by atoms with Gasteiger partial charge in [-0.3, -0.25) is 5.32 Å². The van der Waals surface area contributed by atoms with Crippen LogP contribution < -0.4 is 10.6 Å². The quantitative estimate of drug-likeness (QED) is 0.773. The molecule has 8 heteroatoms. The molecule has 0 unspecified atom stereocenters. The number of aryl methyl sites for hydroxylation is 1. The number of amides is 2. The first-order chi connectivity index (χ1) is 10.5. The maximum atomic E-state index is 11.8. The maximum Gasteiger partial charge on any atom is 0.320 e. The molecular formula is C14H16N6O2. The summed E-state index contributed by atoms with van der Waals surface area (Å²) in [4.78, 5) is 20.5. The van der Waals surface area contributed by atoms with Crippen LogP contribution in [-0.4, -0.2) is 31.7 Å². The lowest BCUT2D eigenvalue weighted by molar-refractivity contribution is 0.250. The minimum atomic E-state index is -0.325. The van der Waals surface area contributed by atoms with E-state index in [4.69, 9.17) is 4.42 Å². The first-order valence-electron chi connectivity index (χ1n) is 6.89. The van der Waals surface area contributed by atoms with Crippen LogP contribution in [0.2, 0.25) is 0 Å². The van der Waals surface area contributed by atoms with Crippen molar-refractivity contribution >= 4 is 17.5 Å². The van der Waals surface area contributed by atoms with E-state index in [1.54, 1.807) is 35.9 Å². The molecule has 0 saturated carbocycles. The Labute approximate surface area is 126 Å². The summed E-state index contributed by atoms with van der Waals surface area (Å²) in [6.07, 6.45) is 1.55. The molecule has 22 heavy (non-hydrogen) atoms. The zero-order valence-electron chi connectivity index (χ0n) is 12.5. The molecular weight excluding hydrogens is 284 g/mol. The van der Waals surface area contributed by atoms with Gasteiger partial charge >= 0.3 is 6.03 Å². The van der Waals surface area contributed by atoms with Crippen LogP contribution >= 0.6 is 0 Å². The summed E-state index contributed by atoms with van der Waals surface area (Å²) in [5, 5.41) is 9.73. The van der Waals surface area contributed by atoms with Crippen LogP contribution in [0.3, 0.4) is 0 Å². The highest BCUT2D eigenvalue weighted by Crippen LogP contribution is 2.21. The molecule has 0 bridgehead atoms. The molecule has 0 spiro atoms. The van der Waals surface area contributed by atoms with Gasteiger partial charge in [0.1, 0.15) is 11.6 Å². The summed E-state index contributed by atoms with van der Waals surface area (Å²) < 4.78 is 6.97. The summed E-state index contributed by atoms with van der Waals surface area (Å²) in [7, 11) is 0. The van der Waals surface area contributed by atoms with Gasteiger partial charge in [0, 0.05) is 12.1 Å². The van der Waals surface area contributed by atoms with Crippen molar-refractivity contribution in [2.24, 2.45) is 0 Å². The van der Waals surface area contributed by atoms with Crippen LogP contribution in [0.25, 0.3) is 17.2 Å². The summed E-state index contributed by atoms with van der Waals surface area (Å²) in [6.45, 7) is 5.55. The number of aromatic nitrogens is 4. The standard InChI is InChI=1S/C14H16N6O2/c1-8(2)15-14(21)18-11-7-12-16-9(3)19-20(12)13(17-11)10-5-4-6-22-10/h4-8H,1-3H3,(H2,15,18,21). The van der Waals surface area contributed by atoms with Crippen molar-refractivity contribution < 1.29 is 9.21 Å². The second-order valence-corrected chi connectivity index (χ2v) is 5.12. The van der Waals surface area contributed by atoms with E-state index in [1.807, 2.05) is 13.8 Å². The third-order valence-electron chi connectivity index (χ3n) is 2.83. The van der Waals surface area contributed by atoms with E-state index in [9.17, 15) is 4.79 Å². The number of urea groups is 1. The third-order valence-corrected chi connectivity index (χ3v) is 2.83. The van der Waals surface area contributed by atoms with Crippen LogP contribution in [0, 0.1) is 6.92 Å². The SMILES string of the molecule is Cc1nc2cc(NC(=O)NC(C)C)nc(-c3ccco3)n2n1. The summed E-state index contributed by atoms with van der Waals surface area (Å²) in [5.74, 6) is 2.01. The van der Waals surface area contributed by atoms with E-state index >= 15 is 0 Å². The molecule has 3 aromatic rings. The number of hydrogen-bond donors (Lipinski definition) is 2. The number of hydrogen-bond acceptors (Lipinski definition) is 5. The Balaban J connectivity index is 2.03. The highest BCUT2D eigenvalue weighted by molar-refractivity contribution is 5.89. The number of nitrogens with one attached hydrogen (secondary N) is 2. The molecule has 3 rings (SSSR count). The molecule has 8 nitrogen and oxygen atoms in total. The number of furan rings is 1. The Morgan fingerprint density at radius 1 is 1.36 bits per heavy atom. The van der Waals surface area contributed by atoms with Gasteiger partial charge in [0.2, 0.25) is 5.82 Å². The number of fused-ring (bicyclic) bond motifs is 1. The van der Waals surface area contributed by atoms with Gasteiger partial charge in [-0.1, -0.05) is 0 Å². The average molecular weight is 300 g/mol. The number of anilines is 1. The van der Waals surface area contributed by atoms with Crippen molar-refractivity contribution in [1.82, 2.24) is 24.9 Å². The van der Waals surface area contributed by atoms with E-state index < -0.39 is 0 Å². The first-order valence-corrected chi connectivity index (χ1v) is 6.89. The predicted octanol–water partition coefficient (Wildman–Crippen LogP) is 2.22. The van der Waals surface area contributed by atoms with E-state index in [0.717, 1.165) is 0 Å². The van der Waals surface area contributed by atoms with Gasteiger partial charge in [-0.15, -0.1) is 5.10 Å². The van der Waals surface area contributed by atoms with Crippen LogP contribution in [0.5, 0.6) is 0 Å². The molecule has 0 aliphatic rings. The Morgan fingerprint density at radius 3 is 2.86 bits per heavy atom. The van der Waals surface area contributed by atoms with Crippen molar-refractivity contribution in [3.8, 4) is 11.6 Å². The minimum absolute atomic E-state index is 0.0311. The lowest BCUT2D eigenvalue weighted by Crippen LogP contribution is -2.34. The molecule has 3 heterocycles. The van der Waals surface area contributed by atoms with Gasteiger partial charge in [-0.2, -0.15) is 4.52 Å². The Hall–Kier alpha value is -2.90. The van der Waals surface area contributed by atoms with Crippen molar-refractivity contribution in [3.05, 3.63) is 30.3 Å². The fraction of sp³-hybridized carbons (Fsp3) is 0.286.